The molecule has 2 N–H and O–H groups in total. The first kappa shape index (κ1) is 15.1. The first-order chi connectivity index (χ1) is 7.24. The Bertz CT molecular complexity index is 329. The molecule has 1 aromatic rings. The fourth-order valence-corrected chi connectivity index (χ4v) is 1.53. The number of hydrogen-bond donors (Lipinski definition) is 1. The average molecular weight is 287 g/mol. The van der Waals surface area contributed by atoms with Crippen molar-refractivity contribution >= 4 is 5.91 Å². The summed E-state index contributed by atoms with van der Waals surface area (Å²) in [6, 6.07) is 3.60. The Labute approximate surface area is 107 Å². The van der Waals surface area contributed by atoms with Crippen LogP contribution in [0.15, 0.2) is 24.5 Å². The maximum absolute atomic E-state index is 10.9. The van der Waals surface area contributed by atoms with Crippen LogP contribution in [0.2, 0.25) is 0 Å². The molecule has 0 fully saturated rings. The highest BCUT2D eigenvalue weighted by Gasteiger charge is 2.06. The molecule has 0 unspecified atom stereocenters. The third-order valence-electron chi connectivity index (χ3n) is 2.41. The van der Waals surface area contributed by atoms with Crippen molar-refractivity contribution in [3.8, 4) is 0 Å². The van der Waals surface area contributed by atoms with E-state index in [1.807, 2.05) is 23.0 Å². The Morgan fingerprint density at radius 3 is 2.75 bits per heavy atom. The van der Waals surface area contributed by atoms with E-state index in [1.165, 1.54) is 19.3 Å². The van der Waals surface area contributed by atoms with Gasteiger partial charge in [-0.25, -0.2) is 4.57 Å². The Morgan fingerprint density at radius 1 is 1.38 bits per heavy atom. The number of primary amides is 1. The van der Waals surface area contributed by atoms with Crippen LogP contribution in [0.25, 0.3) is 0 Å². The topological polar surface area (TPSA) is 47.0 Å². The molecule has 1 rings (SSSR count). The summed E-state index contributed by atoms with van der Waals surface area (Å²) in [6.07, 6.45) is 8.69. The minimum Gasteiger partial charge on any atom is -1.00 e. The van der Waals surface area contributed by atoms with Gasteiger partial charge >= 0.3 is 0 Å². The second kappa shape index (κ2) is 8.28. The van der Waals surface area contributed by atoms with Crippen LogP contribution in [-0.4, -0.2) is 5.91 Å². The highest BCUT2D eigenvalue weighted by Crippen LogP contribution is 1.99. The Hall–Kier alpha value is -0.900. The Morgan fingerprint density at radius 2 is 2.12 bits per heavy atom. The van der Waals surface area contributed by atoms with E-state index in [9.17, 15) is 4.79 Å². The van der Waals surface area contributed by atoms with E-state index in [-0.39, 0.29) is 22.9 Å². The molecule has 90 valence electrons. The van der Waals surface area contributed by atoms with Gasteiger partial charge in [0.05, 0.1) is 0 Å². The molecule has 0 aromatic carbocycles. The number of nitrogens with two attached hydrogens (primary N) is 1. The van der Waals surface area contributed by atoms with Crippen molar-refractivity contribution in [2.45, 2.75) is 39.2 Å². The molecule has 0 radical (unpaired) electrons. The van der Waals surface area contributed by atoms with Crippen molar-refractivity contribution in [2.24, 2.45) is 5.73 Å². The SMILES string of the molecule is CCCCCC[n+]1cccc(C(N)=O)c1.[Br-]. The number of aryl methyl sites for hydroxylation is 1. The van der Waals surface area contributed by atoms with E-state index in [0.717, 1.165) is 13.0 Å². The normalized spacial score (nSPS) is 9.56. The molecule has 4 heteroatoms. The summed E-state index contributed by atoms with van der Waals surface area (Å²) in [7, 11) is 0. The van der Waals surface area contributed by atoms with Gasteiger partial charge in [0.25, 0.3) is 5.91 Å². The molecule has 0 aliphatic heterocycles. The fraction of sp³-hybridized carbons (Fsp3) is 0.500. The zero-order valence-corrected chi connectivity index (χ0v) is 11.2. The molecule has 0 spiro atoms. The molecular formula is C12H19BrN2O. The van der Waals surface area contributed by atoms with Crippen LogP contribution >= 0.6 is 0 Å². The molecule has 16 heavy (non-hydrogen) atoms. The van der Waals surface area contributed by atoms with Gasteiger partial charge in [-0.2, -0.15) is 0 Å². The maximum atomic E-state index is 10.9. The predicted molar refractivity (Wildman–Crippen MR) is 59.3 cm³/mol. The molecule has 1 amide bonds. The lowest BCUT2D eigenvalue weighted by molar-refractivity contribution is -0.697. The van der Waals surface area contributed by atoms with Gasteiger partial charge < -0.3 is 22.7 Å². The number of amides is 1. The number of carbonyl (C=O) groups is 1. The predicted octanol–water partition coefficient (Wildman–Crippen LogP) is -1.34. The van der Waals surface area contributed by atoms with E-state index in [2.05, 4.69) is 6.92 Å². The van der Waals surface area contributed by atoms with E-state index in [4.69, 9.17) is 5.73 Å². The minimum atomic E-state index is -0.363. The molecule has 1 heterocycles. The van der Waals surface area contributed by atoms with Crippen molar-refractivity contribution in [3.63, 3.8) is 0 Å². The van der Waals surface area contributed by atoms with Crippen LogP contribution in [0.1, 0.15) is 43.0 Å². The smallest absolute Gasteiger partial charge is 0.254 e. The number of nitrogens with zero attached hydrogens (tertiary/aromatic N) is 1. The van der Waals surface area contributed by atoms with Crippen molar-refractivity contribution in [1.29, 1.82) is 0 Å². The highest BCUT2D eigenvalue weighted by atomic mass is 79.9. The molecule has 0 atom stereocenters. The van der Waals surface area contributed by atoms with Crippen LogP contribution in [0.5, 0.6) is 0 Å². The van der Waals surface area contributed by atoms with Gasteiger partial charge in [0.2, 0.25) is 0 Å². The van der Waals surface area contributed by atoms with Crippen LogP contribution in [-0.2, 0) is 6.54 Å². The quantitative estimate of drug-likeness (QED) is 0.511. The summed E-state index contributed by atoms with van der Waals surface area (Å²) >= 11 is 0. The van der Waals surface area contributed by atoms with Gasteiger partial charge in [0.15, 0.2) is 12.4 Å². The fourth-order valence-electron chi connectivity index (χ4n) is 1.53. The first-order valence-electron chi connectivity index (χ1n) is 5.53. The van der Waals surface area contributed by atoms with E-state index >= 15 is 0 Å². The van der Waals surface area contributed by atoms with Crippen LogP contribution in [0, 0.1) is 0 Å². The number of halogens is 1. The summed E-state index contributed by atoms with van der Waals surface area (Å²) in [5.41, 5.74) is 5.78. The van der Waals surface area contributed by atoms with E-state index < -0.39 is 0 Å². The maximum Gasteiger partial charge on any atom is 0.254 e. The van der Waals surface area contributed by atoms with Gasteiger partial charge in [-0.05, 0) is 12.5 Å². The second-order valence-corrected chi connectivity index (χ2v) is 3.76. The van der Waals surface area contributed by atoms with Gasteiger partial charge in [-0.3, -0.25) is 4.79 Å². The van der Waals surface area contributed by atoms with Crippen molar-refractivity contribution < 1.29 is 26.3 Å². The third-order valence-corrected chi connectivity index (χ3v) is 2.41. The number of hydrogen-bond acceptors (Lipinski definition) is 1. The lowest BCUT2D eigenvalue weighted by Gasteiger charge is -1.98. The van der Waals surface area contributed by atoms with Crippen LogP contribution < -0.4 is 27.3 Å². The Kier molecular flexibility index (Phi) is 7.81. The van der Waals surface area contributed by atoms with Crippen molar-refractivity contribution in [3.05, 3.63) is 30.1 Å². The second-order valence-electron chi connectivity index (χ2n) is 3.76. The number of carbonyl (C=O) groups excluding carboxylic acids is 1. The van der Waals surface area contributed by atoms with Gasteiger partial charge in [0, 0.05) is 12.5 Å². The average Bonchev–Trinajstić information content (AvgIpc) is 2.25. The Balaban J connectivity index is 0.00000225. The standard InChI is InChI=1S/C12H18N2O.BrH/c1-2-3-4-5-8-14-9-6-7-11(10-14)12(13)15;/h6-7,9-10H,2-5,8H2,1H3,(H-,13,15);1H. The van der Waals surface area contributed by atoms with Crippen LogP contribution in [0.4, 0.5) is 0 Å². The molecule has 0 saturated heterocycles. The van der Waals surface area contributed by atoms with Crippen molar-refractivity contribution in [1.82, 2.24) is 0 Å². The summed E-state index contributed by atoms with van der Waals surface area (Å²) in [5.74, 6) is -0.363. The monoisotopic (exact) mass is 286 g/mol. The highest BCUT2D eigenvalue weighted by molar-refractivity contribution is 5.92. The minimum absolute atomic E-state index is 0. The first-order valence-corrected chi connectivity index (χ1v) is 5.53. The number of unbranched alkanes of at least 4 members (excludes halogenated alkanes) is 3. The molecule has 0 aliphatic rings. The summed E-state index contributed by atoms with van der Waals surface area (Å²) in [4.78, 5) is 10.9. The molecule has 1 aromatic heterocycles. The zero-order valence-electron chi connectivity index (χ0n) is 9.66. The molecule has 3 nitrogen and oxygen atoms in total. The zero-order chi connectivity index (χ0) is 11.1. The van der Waals surface area contributed by atoms with Gasteiger partial charge in [-0.1, -0.05) is 19.8 Å². The van der Waals surface area contributed by atoms with E-state index in [0.29, 0.717) is 5.56 Å². The third kappa shape index (κ3) is 5.26. The molecule has 0 bridgehead atoms. The summed E-state index contributed by atoms with van der Waals surface area (Å²) in [5, 5.41) is 0. The van der Waals surface area contributed by atoms with Gasteiger partial charge in [-0.15, -0.1) is 0 Å². The number of rotatable bonds is 6. The van der Waals surface area contributed by atoms with Crippen molar-refractivity contribution in [2.75, 3.05) is 0 Å². The summed E-state index contributed by atoms with van der Waals surface area (Å²) in [6.45, 7) is 3.15. The lowest BCUT2D eigenvalue weighted by atomic mass is 10.2. The van der Waals surface area contributed by atoms with Crippen LogP contribution in [0.3, 0.4) is 0 Å². The lowest BCUT2D eigenvalue weighted by Crippen LogP contribution is -3.00. The number of aromatic nitrogens is 1. The largest absolute Gasteiger partial charge is 1.00 e. The van der Waals surface area contributed by atoms with Gasteiger partial charge in [0.1, 0.15) is 12.1 Å². The molecule has 0 saturated carbocycles. The molecular weight excluding hydrogens is 268 g/mol. The van der Waals surface area contributed by atoms with E-state index in [1.54, 1.807) is 6.07 Å². The summed E-state index contributed by atoms with van der Waals surface area (Å²) < 4.78 is 2.02. The molecule has 0 aliphatic carbocycles. The number of pyridine rings is 1.